The number of hydrogen-bond acceptors (Lipinski definition) is 3. The van der Waals surface area contributed by atoms with Crippen molar-refractivity contribution in [3.8, 4) is 0 Å². The van der Waals surface area contributed by atoms with Gasteiger partial charge in [0, 0.05) is 0 Å². The van der Waals surface area contributed by atoms with Crippen molar-refractivity contribution in [2.75, 3.05) is 0 Å². The minimum absolute atomic E-state index is 0.232. The number of nitrogens with one attached hydrogen (secondary N) is 1. The smallest absolute Gasteiger partial charge is 0.256 e. The van der Waals surface area contributed by atoms with Gasteiger partial charge < -0.3 is 0 Å². The number of benzene rings is 1. The fraction of sp³-hybridized carbons (Fsp3) is 0.300. The van der Waals surface area contributed by atoms with Crippen LogP contribution in [-0.2, 0) is 16.2 Å². The molecule has 1 atom stereocenters. The summed E-state index contributed by atoms with van der Waals surface area (Å²) < 4.78 is 0. The van der Waals surface area contributed by atoms with E-state index in [0.717, 1.165) is 5.56 Å². The van der Waals surface area contributed by atoms with E-state index in [4.69, 9.17) is 4.84 Å². The van der Waals surface area contributed by atoms with Crippen molar-refractivity contribution in [2.45, 2.75) is 18.8 Å². The van der Waals surface area contributed by atoms with Gasteiger partial charge in [-0.05, 0) is 12.5 Å². The molecule has 1 unspecified atom stereocenters. The Morgan fingerprint density at radius 2 is 2.14 bits per heavy atom. The summed E-state index contributed by atoms with van der Waals surface area (Å²) in [5.74, 6) is -0.232. The highest BCUT2D eigenvalue weighted by Gasteiger charge is 2.06. The molecular weight excluding hydrogens is 198 g/mol. The zero-order valence-corrected chi connectivity index (χ0v) is 8.83. The Balaban J connectivity index is 2.26. The predicted octanol–water partition coefficient (Wildman–Crippen LogP) is 1.55. The fourth-order valence-corrected chi connectivity index (χ4v) is 0.903. The maximum Gasteiger partial charge on any atom is 0.256 e. The molecule has 0 spiro atoms. The van der Waals surface area contributed by atoms with Crippen molar-refractivity contribution in [1.29, 1.82) is 0 Å². The zero-order chi connectivity index (χ0) is 10.4. The second-order valence-electron chi connectivity index (χ2n) is 2.92. The Morgan fingerprint density at radius 1 is 1.50 bits per heavy atom. The van der Waals surface area contributed by atoms with Gasteiger partial charge in [-0.3, -0.25) is 9.63 Å². The first kappa shape index (κ1) is 11.1. The third-order valence-corrected chi connectivity index (χ3v) is 1.87. The largest absolute Gasteiger partial charge is 0.272 e. The lowest BCUT2D eigenvalue weighted by Gasteiger charge is -2.07. The van der Waals surface area contributed by atoms with E-state index >= 15 is 0 Å². The van der Waals surface area contributed by atoms with Gasteiger partial charge in [0.05, 0.1) is 11.9 Å². The van der Waals surface area contributed by atoms with Crippen LogP contribution in [0.4, 0.5) is 0 Å². The van der Waals surface area contributed by atoms with Crippen LogP contribution in [0.15, 0.2) is 30.3 Å². The molecule has 1 amide bonds. The van der Waals surface area contributed by atoms with Gasteiger partial charge in [-0.1, -0.05) is 30.3 Å². The molecule has 1 aromatic rings. The lowest BCUT2D eigenvalue weighted by Crippen LogP contribution is -2.29. The summed E-state index contributed by atoms with van der Waals surface area (Å²) in [4.78, 5) is 16.0. The summed E-state index contributed by atoms with van der Waals surface area (Å²) in [7, 11) is 0. The summed E-state index contributed by atoms with van der Waals surface area (Å²) in [6.07, 6.45) is 0. The number of hydroxylamine groups is 1. The molecule has 0 fully saturated rings. The van der Waals surface area contributed by atoms with Crippen molar-refractivity contribution >= 4 is 18.5 Å². The molecule has 1 aromatic carbocycles. The molecule has 0 saturated carbocycles. The van der Waals surface area contributed by atoms with E-state index in [0.29, 0.717) is 6.61 Å². The van der Waals surface area contributed by atoms with Gasteiger partial charge in [0.2, 0.25) is 0 Å². The first-order chi connectivity index (χ1) is 6.70. The fourth-order valence-electron chi connectivity index (χ4n) is 0.850. The molecule has 1 N–H and O–H groups in total. The van der Waals surface area contributed by atoms with Gasteiger partial charge >= 0.3 is 0 Å². The summed E-state index contributed by atoms with van der Waals surface area (Å²) >= 11 is 3.96. The highest BCUT2D eigenvalue weighted by atomic mass is 32.1. The number of hydrogen-bond donors (Lipinski definition) is 2. The van der Waals surface area contributed by atoms with Gasteiger partial charge in [0.1, 0.15) is 0 Å². The minimum atomic E-state index is -0.356. The third-order valence-electron chi connectivity index (χ3n) is 1.63. The number of rotatable bonds is 4. The standard InChI is InChI=1S/C10H13NO2S/c1-8(14)10(12)11-13-7-9-5-3-2-4-6-9/h2-6,8,14H,7H2,1H3,(H,11,12). The maximum atomic E-state index is 11.0. The van der Waals surface area contributed by atoms with E-state index in [1.165, 1.54) is 0 Å². The number of thiol groups is 1. The zero-order valence-electron chi connectivity index (χ0n) is 7.93. The number of carbonyl (C=O) groups is 1. The molecular formula is C10H13NO2S. The minimum Gasteiger partial charge on any atom is -0.272 e. The van der Waals surface area contributed by atoms with Crippen molar-refractivity contribution in [2.24, 2.45) is 0 Å². The van der Waals surface area contributed by atoms with Crippen LogP contribution in [0.3, 0.4) is 0 Å². The van der Waals surface area contributed by atoms with Crippen LogP contribution in [-0.4, -0.2) is 11.2 Å². The second kappa shape index (κ2) is 5.67. The Kier molecular flexibility index (Phi) is 4.49. The molecule has 1 rings (SSSR count). The lowest BCUT2D eigenvalue weighted by atomic mass is 10.2. The van der Waals surface area contributed by atoms with E-state index in [1.807, 2.05) is 30.3 Å². The first-order valence-electron chi connectivity index (χ1n) is 4.34. The van der Waals surface area contributed by atoms with Gasteiger partial charge in [-0.2, -0.15) is 12.6 Å². The van der Waals surface area contributed by atoms with E-state index in [2.05, 4.69) is 18.1 Å². The Hall–Kier alpha value is -1.00. The molecule has 0 aliphatic carbocycles. The Labute approximate surface area is 88.8 Å². The van der Waals surface area contributed by atoms with E-state index < -0.39 is 0 Å². The summed E-state index contributed by atoms with van der Waals surface area (Å²) in [5, 5.41) is -0.356. The normalized spacial score (nSPS) is 12.1. The van der Waals surface area contributed by atoms with Gasteiger partial charge in [0.15, 0.2) is 0 Å². The Morgan fingerprint density at radius 3 is 2.71 bits per heavy atom. The third kappa shape index (κ3) is 3.81. The molecule has 4 heteroatoms. The highest BCUT2D eigenvalue weighted by molar-refractivity contribution is 7.81. The van der Waals surface area contributed by atoms with Crippen molar-refractivity contribution in [3.63, 3.8) is 0 Å². The molecule has 0 aliphatic heterocycles. The van der Waals surface area contributed by atoms with Gasteiger partial charge in [0.25, 0.3) is 5.91 Å². The van der Waals surface area contributed by atoms with Crippen molar-refractivity contribution in [3.05, 3.63) is 35.9 Å². The number of carbonyl (C=O) groups excluding carboxylic acids is 1. The summed E-state index contributed by atoms with van der Waals surface area (Å²) in [5.41, 5.74) is 3.33. The van der Waals surface area contributed by atoms with Gasteiger partial charge in [-0.25, -0.2) is 5.48 Å². The quantitative estimate of drug-likeness (QED) is 0.586. The lowest BCUT2D eigenvalue weighted by molar-refractivity contribution is -0.133. The molecule has 0 bridgehead atoms. The van der Waals surface area contributed by atoms with E-state index in [-0.39, 0.29) is 11.2 Å². The maximum absolute atomic E-state index is 11.0. The van der Waals surface area contributed by atoms with Crippen LogP contribution in [0.2, 0.25) is 0 Å². The van der Waals surface area contributed by atoms with Crippen molar-refractivity contribution in [1.82, 2.24) is 5.48 Å². The van der Waals surface area contributed by atoms with Crippen LogP contribution >= 0.6 is 12.6 Å². The second-order valence-corrected chi connectivity index (χ2v) is 3.69. The van der Waals surface area contributed by atoms with E-state index in [9.17, 15) is 4.79 Å². The average molecular weight is 211 g/mol. The Bertz CT molecular complexity index is 287. The molecule has 0 saturated heterocycles. The van der Waals surface area contributed by atoms with E-state index in [1.54, 1.807) is 6.92 Å². The molecule has 76 valence electrons. The van der Waals surface area contributed by atoms with Crippen LogP contribution < -0.4 is 5.48 Å². The topological polar surface area (TPSA) is 38.3 Å². The van der Waals surface area contributed by atoms with Crippen LogP contribution in [0, 0.1) is 0 Å². The number of amides is 1. The van der Waals surface area contributed by atoms with Crippen molar-refractivity contribution < 1.29 is 9.63 Å². The summed E-state index contributed by atoms with van der Waals surface area (Å²) in [6, 6.07) is 9.62. The SMILES string of the molecule is CC(S)C(=O)NOCc1ccccc1. The predicted molar refractivity (Wildman–Crippen MR) is 57.8 cm³/mol. The first-order valence-corrected chi connectivity index (χ1v) is 4.85. The molecule has 14 heavy (non-hydrogen) atoms. The van der Waals surface area contributed by atoms with Crippen LogP contribution in [0.25, 0.3) is 0 Å². The molecule has 0 aliphatic rings. The molecule has 0 radical (unpaired) electrons. The molecule has 3 nitrogen and oxygen atoms in total. The van der Waals surface area contributed by atoms with Gasteiger partial charge in [-0.15, -0.1) is 0 Å². The van der Waals surface area contributed by atoms with Crippen LogP contribution in [0.1, 0.15) is 12.5 Å². The molecule has 0 heterocycles. The average Bonchev–Trinajstić information content (AvgIpc) is 2.19. The van der Waals surface area contributed by atoms with Crippen LogP contribution in [0.5, 0.6) is 0 Å². The molecule has 0 aromatic heterocycles. The summed E-state index contributed by atoms with van der Waals surface area (Å²) in [6.45, 7) is 2.05. The monoisotopic (exact) mass is 211 g/mol. The highest BCUT2D eigenvalue weighted by Crippen LogP contribution is 1.99.